The highest BCUT2D eigenvalue weighted by molar-refractivity contribution is 7.80. The molecule has 0 saturated carbocycles. The molecule has 0 spiro atoms. The van der Waals surface area contributed by atoms with Crippen molar-refractivity contribution >= 4 is 23.1 Å². The second kappa shape index (κ2) is 7.61. The van der Waals surface area contributed by atoms with Gasteiger partial charge in [-0.1, -0.05) is 49.5 Å². The largest absolute Gasteiger partial charge is 0.493 e. The molecule has 3 rings (SSSR count). The summed E-state index contributed by atoms with van der Waals surface area (Å²) in [6.07, 6.45) is 0.986. The standard InChI is InChI=1S/C19H19FN2O2S/c1-2-18(23)22(21-19(25)13-6-5-7-14(20)12-13)16-10-11-24-17-9-4-3-8-15(16)17/h3-9,12,16H,2,10-11H2,1H3,(H,21,25). The Morgan fingerprint density at radius 1 is 1.32 bits per heavy atom. The molecule has 25 heavy (non-hydrogen) atoms. The maximum atomic E-state index is 13.5. The van der Waals surface area contributed by atoms with Crippen LogP contribution in [0.3, 0.4) is 0 Å². The minimum absolute atomic E-state index is 0.0829. The molecule has 6 heteroatoms. The summed E-state index contributed by atoms with van der Waals surface area (Å²) >= 11 is 5.39. The van der Waals surface area contributed by atoms with Crippen molar-refractivity contribution in [2.75, 3.05) is 6.61 Å². The Morgan fingerprint density at radius 2 is 2.12 bits per heavy atom. The van der Waals surface area contributed by atoms with Gasteiger partial charge in [0.25, 0.3) is 0 Å². The first kappa shape index (κ1) is 17.4. The topological polar surface area (TPSA) is 41.6 Å². The number of ether oxygens (including phenoxy) is 1. The highest BCUT2D eigenvalue weighted by Crippen LogP contribution is 2.35. The van der Waals surface area contributed by atoms with Crippen LogP contribution in [0.2, 0.25) is 0 Å². The average Bonchev–Trinajstić information content (AvgIpc) is 2.65. The van der Waals surface area contributed by atoms with Crippen molar-refractivity contribution in [3.63, 3.8) is 0 Å². The first-order chi connectivity index (χ1) is 12.1. The first-order valence-corrected chi connectivity index (χ1v) is 8.61. The Morgan fingerprint density at radius 3 is 2.88 bits per heavy atom. The molecule has 0 fully saturated rings. The van der Waals surface area contributed by atoms with E-state index in [2.05, 4.69) is 5.43 Å². The van der Waals surface area contributed by atoms with E-state index in [4.69, 9.17) is 17.0 Å². The molecule has 0 saturated heterocycles. The highest BCUT2D eigenvalue weighted by atomic mass is 32.1. The van der Waals surface area contributed by atoms with Crippen molar-refractivity contribution in [2.24, 2.45) is 0 Å². The summed E-state index contributed by atoms with van der Waals surface area (Å²) in [7, 11) is 0. The predicted octanol–water partition coefficient (Wildman–Crippen LogP) is 3.77. The minimum Gasteiger partial charge on any atom is -0.493 e. The number of thiocarbonyl (C=S) groups is 1. The van der Waals surface area contributed by atoms with E-state index in [0.29, 0.717) is 30.0 Å². The molecule has 1 aliphatic rings. The van der Waals surface area contributed by atoms with E-state index >= 15 is 0 Å². The molecular formula is C19H19FN2O2S. The van der Waals surface area contributed by atoms with Crippen LogP contribution in [0.4, 0.5) is 4.39 Å². The van der Waals surface area contributed by atoms with Gasteiger partial charge in [0, 0.05) is 24.0 Å². The van der Waals surface area contributed by atoms with Gasteiger partial charge >= 0.3 is 0 Å². The van der Waals surface area contributed by atoms with E-state index < -0.39 is 0 Å². The van der Waals surface area contributed by atoms with Gasteiger partial charge in [0.2, 0.25) is 5.91 Å². The van der Waals surface area contributed by atoms with Gasteiger partial charge in [0.1, 0.15) is 16.6 Å². The lowest BCUT2D eigenvalue weighted by Crippen LogP contribution is -2.48. The second-order valence-corrected chi connectivity index (χ2v) is 6.17. The summed E-state index contributed by atoms with van der Waals surface area (Å²) in [6, 6.07) is 13.5. The van der Waals surface area contributed by atoms with E-state index in [-0.39, 0.29) is 17.8 Å². The Bertz CT molecular complexity index is 796. The van der Waals surface area contributed by atoms with Crippen molar-refractivity contribution in [2.45, 2.75) is 25.8 Å². The fourth-order valence-corrected chi connectivity index (χ4v) is 3.10. The monoisotopic (exact) mass is 358 g/mol. The maximum absolute atomic E-state index is 13.5. The van der Waals surface area contributed by atoms with Crippen LogP contribution in [0, 0.1) is 5.82 Å². The number of carbonyl (C=O) groups excluding carboxylic acids is 1. The van der Waals surface area contributed by atoms with E-state index in [1.165, 1.54) is 12.1 Å². The van der Waals surface area contributed by atoms with E-state index in [1.807, 2.05) is 24.3 Å². The number of rotatable bonds is 3. The molecule has 0 bridgehead atoms. The maximum Gasteiger partial charge on any atom is 0.241 e. The summed E-state index contributed by atoms with van der Waals surface area (Å²) in [5, 5.41) is 1.55. The number of fused-ring (bicyclic) bond motifs is 1. The summed E-state index contributed by atoms with van der Waals surface area (Å²) in [6.45, 7) is 2.32. The molecule has 2 aromatic carbocycles. The number of hydrogen-bond acceptors (Lipinski definition) is 3. The molecule has 1 atom stereocenters. The number of para-hydroxylation sites is 1. The van der Waals surface area contributed by atoms with Crippen LogP contribution in [0.25, 0.3) is 0 Å². The van der Waals surface area contributed by atoms with Gasteiger partial charge in [-0.05, 0) is 18.2 Å². The van der Waals surface area contributed by atoms with Crippen LogP contribution < -0.4 is 10.2 Å². The van der Waals surface area contributed by atoms with Crippen LogP contribution in [0.15, 0.2) is 48.5 Å². The summed E-state index contributed by atoms with van der Waals surface area (Å²) in [4.78, 5) is 12.9. The van der Waals surface area contributed by atoms with Crippen molar-refractivity contribution < 1.29 is 13.9 Å². The molecule has 0 aliphatic carbocycles. The minimum atomic E-state index is -0.369. The molecule has 130 valence electrons. The van der Waals surface area contributed by atoms with Gasteiger partial charge in [0.15, 0.2) is 0 Å². The fourth-order valence-electron chi connectivity index (χ4n) is 2.88. The lowest BCUT2D eigenvalue weighted by Gasteiger charge is -2.36. The molecule has 1 unspecified atom stereocenters. The van der Waals surface area contributed by atoms with Gasteiger partial charge in [-0.25, -0.2) is 9.40 Å². The average molecular weight is 358 g/mol. The van der Waals surface area contributed by atoms with Crippen LogP contribution in [-0.4, -0.2) is 22.5 Å². The first-order valence-electron chi connectivity index (χ1n) is 8.20. The summed E-state index contributed by atoms with van der Waals surface area (Å²) in [5.74, 6) is 0.318. The Balaban J connectivity index is 1.89. The molecule has 1 heterocycles. The van der Waals surface area contributed by atoms with Gasteiger partial charge in [0.05, 0.1) is 12.6 Å². The number of amides is 1. The third-order valence-electron chi connectivity index (χ3n) is 4.12. The molecular weight excluding hydrogens is 339 g/mol. The zero-order chi connectivity index (χ0) is 17.8. The van der Waals surface area contributed by atoms with Gasteiger partial charge in [-0.3, -0.25) is 10.2 Å². The van der Waals surface area contributed by atoms with Crippen LogP contribution in [0.5, 0.6) is 5.75 Å². The number of hydrogen-bond donors (Lipinski definition) is 1. The molecule has 4 nitrogen and oxygen atoms in total. The van der Waals surface area contributed by atoms with Crippen LogP contribution >= 0.6 is 12.2 Å². The van der Waals surface area contributed by atoms with Crippen LogP contribution in [-0.2, 0) is 4.79 Å². The van der Waals surface area contributed by atoms with Crippen molar-refractivity contribution in [3.05, 3.63) is 65.5 Å². The third kappa shape index (κ3) is 3.79. The number of nitrogens with one attached hydrogen (secondary N) is 1. The number of carbonyl (C=O) groups is 1. The fraction of sp³-hybridized carbons (Fsp3) is 0.263. The van der Waals surface area contributed by atoms with E-state index in [9.17, 15) is 9.18 Å². The number of benzene rings is 2. The zero-order valence-electron chi connectivity index (χ0n) is 13.9. The summed E-state index contributed by atoms with van der Waals surface area (Å²) in [5.41, 5.74) is 4.48. The molecule has 1 amide bonds. The smallest absolute Gasteiger partial charge is 0.241 e. The van der Waals surface area contributed by atoms with Crippen molar-refractivity contribution in [1.29, 1.82) is 0 Å². The third-order valence-corrected chi connectivity index (χ3v) is 4.45. The molecule has 2 aromatic rings. The highest BCUT2D eigenvalue weighted by Gasteiger charge is 2.30. The molecule has 1 aliphatic heterocycles. The predicted molar refractivity (Wildman–Crippen MR) is 97.7 cm³/mol. The molecule has 1 N–H and O–H groups in total. The SMILES string of the molecule is CCC(=O)N(NC(=S)c1cccc(F)c1)C1CCOc2ccccc21. The van der Waals surface area contributed by atoms with E-state index in [1.54, 1.807) is 24.1 Å². The molecule has 0 radical (unpaired) electrons. The van der Waals surface area contributed by atoms with Gasteiger partial charge in [-0.15, -0.1) is 0 Å². The quantitative estimate of drug-likeness (QED) is 0.670. The number of halogens is 1. The lowest BCUT2D eigenvalue weighted by atomic mass is 10.00. The Hall–Kier alpha value is -2.47. The Kier molecular flexibility index (Phi) is 5.28. The van der Waals surface area contributed by atoms with Crippen LogP contribution in [0.1, 0.15) is 36.9 Å². The van der Waals surface area contributed by atoms with Crippen molar-refractivity contribution in [3.8, 4) is 5.75 Å². The second-order valence-electron chi connectivity index (χ2n) is 5.76. The summed E-state index contributed by atoms with van der Waals surface area (Å²) < 4.78 is 19.1. The number of hydrazine groups is 1. The van der Waals surface area contributed by atoms with Gasteiger partial charge < -0.3 is 4.74 Å². The number of nitrogens with zero attached hydrogens (tertiary/aromatic N) is 1. The van der Waals surface area contributed by atoms with Gasteiger partial charge in [-0.2, -0.15) is 0 Å². The normalized spacial score (nSPS) is 15.7. The molecule has 0 aromatic heterocycles. The van der Waals surface area contributed by atoms with Crippen molar-refractivity contribution in [1.82, 2.24) is 10.4 Å². The lowest BCUT2D eigenvalue weighted by molar-refractivity contribution is -0.136. The zero-order valence-corrected chi connectivity index (χ0v) is 14.7. The Labute approximate surface area is 151 Å². The van der Waals surface area contributed by atoms with E-state index in [0.717, 1.165) is 11.3 Å².